The Bertz CT molecular complexity index is 721. The molecule has 0 aliphatic heterocycles. The van der Waals surface area contributed by atoms with Crippen LogP contribution in [-0.4, -0.2) is 28.6 Å². The minimum Gasteiger partial charge on any atom is -0.394 e. The molecule has 132 valence electrons. The molecule has 0 bridgehead atoms. The van der Waals surface area contributed by atoms with Crippen molar-refractivity contribution in [2.75, 3.05) is 11.9 Å². The molecule has 0 aliphatic carbocycles. The summed E-state index contributed by atoms with van der Waals surface area (Å²) in [7, 11) is 0. The van der Waals surface area contributed by atoms with E-state index >= 15 is 0 Å². The molecule has 25 heavy (non-hydrogen) atoms. The van der Waals surface area contributed by atoms with E-state index in [1.807, 2.05) is 37.3 Å². The quantitative estimate of drug-likeness (QED) is 0.505. The van der Waals surface area contributed by atoms with Crippen molar-refractivity contribution in [1.82, 2.24) is 5.32 Å². The zero-order valence-electron chi connectivity index (χ0n) is 13.9. The van der Waals surface area contributed by atoms with Gasteiger partial charge in [0.2, 0.25) is 5.91 Å². The number of benzene rings is 2. The number of amides is 1. The molecule has 0 saturated carbocycles. The minimum absolute atomic E-state index is 0.0756. The third-order valence-corrected chi connectivity index (χ3v) is 3.70. The summed E-state index contributed by atoms with van der Waals surface area (Å²) in [4.78, 5) is 22.4. The summed E-state index contributed by atoms with van der Waals surface area (Å²) in [6.07, 6.45) is 0.173. The molecule has 7 heteroatoms. The number of nitrogens with one attached hydrogen (secondary N) is 2. The summed E-state index contributed by atoms with van der Waals surface area (Å²) in [5, 5.41) is 26.2. The van der Waals surface area contributed by atoms with Gasteiger partial charge in [0.25, 0.3) is 5.69 Å². The van der Waals surface area contributed by atoms with Crippen LogP contribution in [0.2, 0.25) is 0 Å². The highest BCUT2D eigenvalue weighted by atomic mass is 16.6. The monoisotopic (exact) mass is 343 g/mol. The van der Waals surface area contributed by atoms with E-state index in [4.69, 9.17) is 0 Å². The molecule has 2 aromatic rings. The largest absolute Gasteiger partial charge is 0.394 e. The molecule has 0 saturated heterocycles. The third kappa shape index (κ3) is 5.66. The first-order valence-electron chi connectivity index (χ1n) is 7.95. The van der Waals surface area contributed by atoms with Gasteiger partial charge in [-0.15, -0.1) is 0 Å². The van der Waals surface area contributed by atoms with Crippen molar-refractivity contribution in [3.63, 3.8) is 0 Å². The minimum atomic E-state index is -0.508. The second-order valence-electron chi connectivity index (χ2n) is 5.77. The van der Waals surface area contributed by atoms with Crippen LogP contribution in [0.15, 0.2) is 54.6 Å². The van der Waals surface area contributed by atoms with Crippen molar-refractivity contribution >= 4 is 17.3 Å². The highest BCUT2D eigenvalue weighted by Gasteiger charge is 2.16. The van der Waals surface area contributed by atoms with Crippen LogP contribution in [-0.2, 0) is 4.79 Å². The van der Waals surface area contributed by atoms with Crippen LogP contribution in [0.1, 0.15) is 24.9 Å². The van der Waals surface area contributed by atoms with Crippen molar-refractivity contribution in [1.29, 1.82) is 0 Å². The van der Waals surface area contributed by atoms with Crippen molar-refractivity contribution < 1.29 is 14.8 Å². The van der Waals surface area contributed by atoms with E-state index in [0.29, 0.717) is 5.69 Å². The number of carbonyl (C=O) groups excluding carboxylic acids is 1. The summed E-state index contributed by atoms with van der Waals surface area (Å²) in [6.45, 7) is 1.76. The van der Waals surface area contributed by atoms with Crippen LogP contribution < -0.4 is 10.6 Å². The Morgan fingerprint density at radius 3 is 2.56 bits per heavy atom. The van der Waals surface area contributed by atoms with Crippen molar-refractivity contribution in [2.45, 2.75) is 25.4 Å². The summed E-state index contributed by atoms with van der Waals surface area (Å²) >= 11 is 0. The van der Waals surface area contributed by atoms with E-state index in [0.717, 1.165) is 5.56 Å². The van der Waals surface area contributed by atoms with Crippen LogP contribution in [0.25, 0.3) is 0 Å². The molecule has 0 radical (unpaired) electrons. The topological polar surface area (TPSA) is 104 Å². The maximum atomic E-state index is 12.1. The van der Waals surface area contributed by atoms with E-state index in [-0.39, 0.29) is 36.7 Å². The summed E-state index contributed by atoms with van der Waals surface area (Å²) < 4.78 is 0. The molecular formula is C18H21N3O4. The fraction of sp³-hybridized carbons (Fsp3) is 0.278. The van der Waals surface area contributed by atoms with Gasteiger partial charge >= 0.3 is 0 Å². The maximum absolute atomic E-state index is 12.1. The normalized spacial score (nSPS) is 13.0. The lowest BCUT2D eigenvalue weighted by atomic mass is 10.1. The first-order valence-corrected chi connectivity index (χ1v) is 7.95. The van der Waals surface area contributed by atoms with E-state index in [1.165, 1.54) is 18.2 Å². The highest BCUT2D eigenvalue weighted by Crippen LogP contribution is 2.18. The predicted molar refractivity (Wildman–Crippen MR) is 95.2 cm³/mol. The molecule has 7 nitrogen and oxygen atoms in total. The number of nitro benzene ring substituents is 1. The van der Waals surface area contributed by atoms with Gasteiger partial charge in [0.05, 0.1) is 17.6 Å². The molecule has 2 atom stereocenters. The van der Waals surface area contributed by atoms with E-state index in [2.05, 4.69) is 10.6 Å². The number of hydrogen-bond acceptors (Lipinski definition) is 5. The Morgan fingerprint density at radius 1 is 1.20 bits per heavy atom. The Labute approximate surface area is 145 Å². The number of aliphatic hydroxyl groups is 1. The van der Waals surface area contributed by atoms with Crippen molar-refractivity contribution in [3.8, 4) is 0 Å². The smallest absolute Gasteiger partial charge is 0.271 e. The average molecular weight is 343 g/mol. The number of anilines is 1. The molecule has 0 aliphatic rings. The average Bonchev–Trinajstić information content (AvgIpc) is 2.60. The van der Waals surface area contributed by atoms with Crippen LogP contribution in [0.3, 0.4) is 0 Å². The SMILES string of the molecule is CC(CC(=O)Nc1cccc([N+](=O)[O-])c1)N[C@H](CO)c1ccccc1. The Kier molecular flexibility index (Phi) is 6.62. The van der Waals surface area contributed by atoms with Gasteiger partial charge in [0, 0.05) is 30.3 Å². The second kappa shape index (κ2) is 8.91. The summed E-state index contributed by atoms with van der Waals surface area (Å²) in [5.74, 6) is -0.259. The Hall–Kier alpha value is -2.77. The third-order valence-electron chi connectivity index (χ3n) is 3.70. The zero-order chi connectivity index (χ0) is 18.2. The predicted octanol–water partition coefficient (Wildman–Crippen LogP) is 2.64. The van der Waals surface area contributed by atoms with Crippen LogP contribution in [0, 0.1) is 10.1 Å². The van der Waals surface area contributed by atoms with Gasteiger partial charge < -0.3 is 15.7 Å². The molecule has 1 unspecified atom stereocenters. The number of non-ortho nitro benzene ring substituents is 1. The number of hydrogen-bond donors (Lipinski definition) is 3. The van der Waals surface area contributed by atoms with Gasteiger partial charge in [-0.25, -0.2) is 0 Å². The fourth-order valence-corrected chi connectivity index (χ4v) is 2.53. The molecule has 0 aromatic heterocycles. The van der Waals surface area contributed by atoms with Crippen LogP contribution >= 0.6 is 0 Å². The number of rotatable bonds is 8. The molecule has 0 fully saturated rings. The number of aliphatic hydroxyl groups excluding tert-OH is 1. The molecule has 0 heterocycles. The Balaban J connectivity index is 1.91. The van der Waals surface area contributed by atoms with Gasteiger partial charge in [-0.3, -0.25) is 14.9 Å². The molecular weight excluding hydrogens is 322 g/mol. The lowest BCUT2D eigenvalue weighted by molar-refractivity contribution is -0.384. The van der Waals surface area contributed by atoms with E-state index in [1.54, 1.807) is 6.07 Å². The van der Waals surface area contributed by atoms with E-state index < -0.39 is 4.92 Å². The Morgan fingerprint density at radius 2 is 1.92 bits per heavy atom. The lowest BCUT2D eigenvalue weighted by Crippen LogP contribution is -2.35. The van der Waals surface area contributed by atoms with Crippen LogP contribution in [0.4, 0.5) is 11.4 Å². The van der Waals surface area contributed by atoms with E-state index in [9.17, 15) is 20.0 Å². The molecule has 3 N–H and O–H groups in total. The van der Waals surface area contributed by atoms with Crippen molar-refractivity contribution in [2.24, 2.45) is 0 Å². The highest BCUT2D eigenvalue weighted by molar-refractivity contribution is 5.91. The molecule has 0 spiro atoms. The second-order valence-corrected chi connectivity index (χ2v) is 5.77. The first-order chi connectivity index (χ1) is 12.0. The van der Waals surface area contributed by atoms with Gasteiger partial charge in [-0.2, -0.15) is 0 Å². The number of nitrogens with zero attached hydrogens (tertiary/aromatic N) is 1. The summed E-state index contributed by atoms with van der Waals surface area (Å²) in [6, 6.07) is 14.8. The van der Waals surface area contributed by atoms with Gasteiger partial charge in [0.15, 0.2) is 0 Å². The summed E-state index contributed by atoms with van der Waals surface area (Å²) in [5.41, 5.74) is 1.25. The van der Waals surface area contributed by atoms with Gasteiger partial charge in [-0.1, -0.05) is 36.4 Å². The van der Waals surface area contributed by atoms with Crippen molar-refractivity contribution in [3.05, 3.63) is 70.3 Å². The molecule has 1 amide bonds. The fourth-order valence-electron chi connectivity index (χ4n) is 2.53. The van der Waals surface area contributed by atoms with Gasteiger partial charge in [0.1, 0.15) is 0 Å². The zero-order valence-corrected chi connectivity index (χ0v) is 13.9. The lowest BCUT2D eigenvalue weighted by Gasteiger charge is -2.22. The number of carbonyl (C=O) groups is 1. The van der Waals surface area contributed by atoms with Gasteiger partial charge in [-0.05, 0) is 18.6 Å². The molecule has 2 rings (SSSR count). The standard InChI is InChI=1S/C18H21N3O4/c1-13(19-17(12-22)14-6-3-2-4-7-14)10-18(23)20-15-8-5-9-16(11-15)21(24)25/h2-9,11,13,17,19,22H,10,12H2,1H3,(H,20,23)/t13?,17-/m1/s1. The molecule has 2 aromatic carbocycles. The number of nitro groups is 1. The first kappa shape index (κ1) is 18.6. The van der Waals surface area contributed by atoms with Crippen LogP contribution in [0.5, 0.6) is 0 Å². The maximum Gasteiger partial charge on any atom is 0.271 e.